The number of hydrogen-bond donors (Lipinski definition) is 2. The zero-order chi connectivity index (χ0) is 10.8. The summed E-state index contributed by atoms with van der Waals surface area (Å²) in [5.41, 5.74) is 5.71. The Bertz CT molecular complexity index is 306. The molecule has 1 atom stereocenters. The van der Waals surface area contributed by atoms with Crippen LogP contribution in [0.4, 0.5) is 4.39 Å². The molecule has 3 heteroatoms. The molecule has 3 N–H and O–H groups in total. The average Bonchev–Trinajstić information content (AvgIpc) is 2.01. The Morgan fingerprint density at radius 2 is 2.14 bits per heavy atom. The summed E-state index contributed by atoms with van der Waals surface area (Å²) in [6, 6.07) is 5.83. The van der Waals surface area contributed by atoms with Crippen LogP contribution in [-0.2, 0) is 0 Å². The second-order valence-electron chi connectivity index (χ2n) is 4.18. The summed E-state index contributed by atoms with van der Waals surface area (Å²) in [4.78, 5) is 0. The molecule has 0 aliphatic rings. The Balaban J connectivity index is 2.74. The van der Waals surface area contributed by atoms with Crippen molar-refractivity contribution in [3.63, 3.8) is 0 Å². The van der Waals surface area contributed by atoms with E-state index in [0.717, 1.165) is 0 Å². The molecule has 0 saturated heterocycles. The van der Waals surface area contributed by atoms with Crippen LogP contribution in [0, 0.1) is 5.82 Å². The lowest BCUT2D eigenvalue weighted by Crippen LogP contribution is -2.26. The molecule has 0 fully saturated rings. The van der Waals surface area contributed by atoms with E-state index >= 15 is 0 Å². The molecule has 0 heterocycles. The Kier molecular flexibility index (Phi) is 3.24. The fourth-order valence-corrected chi connectivity index (χ4v) is 1.39. The molecule has 2 nitrogen and oxygen atoms in total. The van der Waals surface area contributed by atoms with Gasteiger partial charge in [0.25, 0.3) is 0 Å². The first-order valence-electron chi connectivity index (χ1n) is 4.62. The van der Waals surface area contributed by atoms with E-state index < -0.39 is 5.60 Å². The largest absolute Gasteiger partial charge is 0.390 e. The Morgan fingerprint density at radius 1 is 1.50 bits per heavy atom. The SMILES string of the molecule is CC(C)(O)C[C@@H](N)c1cccc(F)c1. The number of nitrogens with two attached hydrogens (primary N) is 1. The standard InChI is InChI=1S/C11H16FNO/c1-11(2,14)7-10(13)8-4-3-5-9(12)6-8/h3-6,10,14H,7,13H2,1-2H3/t10-/m1/s1. The van der Waals surface area contributed by atoms with E-state index in [1.165, 1.54) is 12.1 Å². The summed E-state index contributed by atoms with van der Waals surface area (Å²) in [7, 11) is 0. The van der Waals surface area contributed by atoms with E-state index in [1.54, 1.807) is 26.0 Å². The van der Waals surface area contributed by atoms with E-state index in [9.17, 15) is 9.50 Å². The maximum atomic E-state index is 12.8. The highest BCUT2D eigenvalue weighted by molar-refractivity contribution is 5.20. The van der Waals surface area contributed by atoms with Crippen molar-refractivity contribution in [3.05, 3.63) is 35.6 Å². The van der Waals surface area contributed by atoms with Gasteiger partial charge in [-0.15, -0.1) is 0 Å². The molecule has 0 aromatic heterocycles. The molecule has 0 radical (unpaired) electrons. The van der Waals surface area contributed by atoms with Gasteiger partial charge in [-0.25, -0.2) is 4.39 Å². The Labute approximate surface area is 83.6 Å². The molecule has 1 aromatic rings. The van der Waals surface area contributed by atoms with Crippen molar-refractivity contribution in [2.75, 3.05) is 0 Å². The van der Waals surface area contributed by atoms with Gasteiger partial charge in [0.15, 0.2) is 0 Å². The summed E-state index contributed by atoms with van der Waals surface area (Å²) in [6.45, 7) is 3.37. The lowest BCUT2D eigenvalue weighted by Gasteiger charge is -2.22. The van der Waals surface area contributed by atoms with E-state index in [0.29, 0.717) is 12.0 Å². The lowest BCUT2D eigenvalue weighted by atomic mass is 9.95. The van der Waals surface area contributed by atoms with Crippen molar-refractivity contribution in [1.82, 2.24) is 0 Å². The highest BCUT2D eigenvalue weighted by Gasteiger charge is 2.18. The van der Waals surface area contributed by atoms with E-state index in [4.69, 9.17) is 5.73 Å². The van der Waals surface area contributed by atoms with E-state index in [-0.39, 0.29) is 11.9 Å². The first kappa shape index (κ1) is 11.1. The van der Waals surface area contributed by atoms with E-state index in [1.807, 2.05) is 0 Å². The molecule has 0 aliphatic carbocycles. The number of rotatable bonds is 3. The lowest BCUT2D eigenvalue weighted by molar-refractivity contribution is 0.0635. The second-order valence-corrected chi connectivity index (χ2v) is 4.18. The summed E-state index contributed by atoms with van der Waals surface area (Å²) in [6.07, 6.45) is 0.413. The second kappa shape index (κ2) is 4.07. The van der Waals surface area contributed by atoms with Crippen LogP contribution in [0.15, 0.2) is 24.3 Å². The van der Waals surface area contributed by atoms with Crippen LogP contribution < -0.4 is 5.73 Å². The van der Waals surface area contributed by atoms with Gasteiger partial charge in [0.1, 0.15) is 5.82 Å². The molecule has 0 saturated carbocycles. The molecule has 0 unspecified atom stereocenters. The normalized spacial score (nSPS) is 14.1. The van der Waals surface area contributed by atoms with Crippen LogP contribution in [0.5, 0.6) is 0 Å². The minimum atomic E-state index is -0.828. The van der Waals surface area contributed by atoms with Crippen LogP contribution in [0.25, 0.3) is 0 Å². The van der Waals surface area contributed by atoms with E-state index in [2.05, 4.69) is 0 Å². The zero-order valence-corrected chi connectivity index (χ0v) is 8.50. The van der Waals surface area contributed by atoms with Crippen LogP contribution >= 0.6 is 0 Å². The van der Waals surface area contributed by atoms with Crippen LogP contribution in [0.3, 0.4) is 0 Å². The smallest absolute Gasteiger partial charge is 0.123 e. The van der Waals surface area contributed by atoms with Gasteiger partial charge in [-0.2, -0.15) is 0 Å². The quantitative estimate of drug-likeness (QED) is 0.778. The predicted octanol–water partition coefficient (Wildman–Crippen LogP) is 1.99. The topological polar surface area (TPSA) is 46.2 Å². The molecule has 1 rings (SSSR count). The van der Waals surface area contributed by atoms with Crippen molar-refractivity contribution in [2.45, 2.75) is 31.9 Å². The van der Waals surface area contributed by atoms with Gasteiger partial charge in [0.05, 0.1) is 5.60 Å². The summed E-state index contributed by atoms with van der Waals surface area (Å²) >= 11 is 0. The fraction of sp³-hybridized carbons (Fsp3) is 0.455. The number of aliphatic hydroxyl groups is 1. The highest BCUT2D eigenvalue weighted by atomic mass is 19.1. The van der Waals surface area contributed by atoms with Gasteiger partial charge in [0.2, 0.25) is 0 Å². The van der Waals surface area contributed by atoms with Gasteiger partial charge >= 0.3 is 0 Å². The van der Waals surface area contributed by atoms with Crippen molar-refractivity contribution in [1.29, 1.82) is 0 Å². The molecule has 0 spiro atoms. The highest BCUT2D eigenvalue weighted by Crippen LogP contribution is 2.21. The molecule has 1 aromatic carbocycles. The van der Waals surface area contributed by atoms with Gasteiger partial charge in [0, 0.05) is 6.04 Å². The van der Waals surface area contributed by atoms with Crippen molar-refractivity contribution in [3.8, 4) is 0 Å². The molecule has 14 heavy (non-hydrogen) atoms. The van der Waals surface area contributed by atoms with Gasteiger partial charge in [-0.1, -0.05) is 12.1 Å². The first-order valence-corrected chi connectivity index (χ1v) is 4.62. The first-order chi connectivity index (χ1) is 6.38. The van der Waals surface area contributed by atoms with Crippen LogP contribution in [-0.4, -0.2) is 10.7 Å². The third-order valence-corrected chi connectivity index (χ3v) is 2.00. The van der Waals surface area contributed by atoms with Crippen molar-refractivity contribution < 1.29 is 9.50 Å². The molecular formula is C11H16FNO. The zero-order valence-electron chi connectivity index (χ0n) is 8.50. The maximum Gasteiger partial charge on any atom is 0.123 e. The average molecular weight is 197 g/mol. The minimum Gasteiger partial charge on any atom is -0.390 e. The summed E-state index contributed by atoms with van der Waals surface area (Å²) in [5, 5.41) is 9.54. The molecule has 0 amide bonds. The van der Waals surface area contributed by atoms with Gasteiger partial charge < -0.3 is 10.8 Å². The predicted molar refractivity (Wildman–Crippen MR) is 54.2 cm³/mol. The molecular weight excluding hydrogens is 181 g/mol. The van der Waals surface area contributed by atoms with Crippen molar-refractivity contribution >= 4 is 0 Å². The molecule has 0 bridgehead atoms. The van der Waals surface area contributed by atoms with Crippen molar-refractivity contribution in [2.24, 2.45) is 5.73 Å². The van der Waals surface area contributed by atoms with Crippen LogP contribution in [0.1, 0.15) is 31.9 Å². The van der Waals surface area contributed by atoms with Gasteiger partial charge in [-0.3, -0.25) is 0 Å². The van der Waals surface area contributed by atoms with Gasteiger partial charge in [-0.05, 0) is 38.0 Å². The fourth-order valence-electron chi connectivity index (χ4n) is 1.39. The number of hydrogen-bond acceptors (Lipinski definition) is 2. The minimum absolute atomic E-state index is 0.298. The maximum absolute atomic E-state index is 12.8. The summed E-state index contributed by atoms with van der Waals surface area (Å²) in [5.74, 6) is -0.298. The number of benzene rings is 1. The Morgan fingerprint density at radius 3 is 2.64 bits per heavy atom. The third kappa shape index (κ3) is 3.44. The monoisotopic (exact) mass is 197 g/mol. The third-order valence-electron chi connectivity index (χ3n) is 2.00. The molecule has 78 valence electrons. The summed E-state index contributed by atoms with van der Waals surface area (Å²) < 4.78 is 12.8. The molecule has 0 aliphatic heterocycles. The Hall–Kier alpha value is -0.930. The van der Waals surface area contributed by atoms with Crippen LogP contribution in [0.2, 0.25) is 0 Å². The number of halogens is 1.